The Bertz CT molecular complexity index is 853. The van der Waals surface area contributed by atoms with Crippen LogP contribution in [0.2, 0.25) is 0 Å². The Morgan fingerprint density at radius 1 is 1.20 bits per heavy atom. The van der Waals surface area contributed by atoms with E-state index in [0.717, 1.165) is 24.2 Å². The molecule has 0 aromatic carbocycles. The van der Waals surface area contributed by atoms with Crippen molar-refractivity contribution >= 4 is 5.91 Å². The molecule has 0 saturated carbocycles. The normalized spacial score (nSPS) is 13.4. The van der Waals surface area contributed by atoms with E-state index in [1.807, 2.05) is 22.9 Å². The van der Waals surface area contributed by atoms with E-state index in [1.165, 1.54) is 30.4 Å². The molecule has 3 aromatic rings. The minimum atomic E-state index is -0.198. The fourth-order valence-corrected chi connectivity index (χ4v) is 3.33. The number of hydrogen-bond donors (Lipinski definition) is 1. The predicted octanol–water partition coefficient (Wildman–Crippen LogP) is 2.85. The third-order valence-corrected chi connectivity index (χ3v) is 4.52. The van der Waals surface area contributed by atoms with Crippen molar-refractivity contribution in [2.75, 3.05) is 6.54 Å². The zero-order valence-corrected chi connectivity index (χ0v) is 13.9. The molecule has 1 aliphatic carbocycles. The van der Waals surface area contributed by atoms with Gasteiger partial charge in [0.25, 0.3) is 5.91 Å². The molecule has 6 nitrogen and oxygen atoms in total. The van der Waals surface area contributed by atoms with E-state index < -0.39 is 0 Å². The van der Waals surface area contributed by atoms with E-state index in [2.05, 4.69) is 10.3 Å². The number of aromatic nitrogens is 3. The van der Waals surface area contributed by atoms with Crippen LogP contribution in [0.5, 0.6) is 0 Å². The SMILES string of the molecule is O=C(NCCn1nc(-c2ccccn2)c2c1CCCC2)c1ccco1. The van der Waals surface area contributed by atoms with Crippen LogP contribution in [0.3, 0.4) is 0 Å². The molecule has 1 aliphatic rings. The molecule has 6 heteroatoms. The Morgan fingerprint density at radius 3 is 2.92 bits per heavy atom. The summed E-state index contributed by atoms with van der Waals surface area (Å²) in [6.07, 6.45) is 7.74. The number of nitrogens with one attached hydrogen (secondary N) is 1. The molecular weight excluding hydrogens is 316 g/mol. The maximum Gasteiger partial charge on any atom is 0.287 e. The van der Waals surface area contributed by atoms with Crippen molar-refractivity contribution < 1.29 is 9.21 Å². The lowest BCUT2D eigenvalue weighted by Gasteiger charge is -2.14. The van der Waals surface area contributed by atoms with Gasteiger partial charge in [-0.15, -0.1) is 0 Å². The first-order valence-electron chi connectivity index (χ1n) is 8.64. The van der Waals surface area contributed by atoms with Gasteiger partial charge in [0.2, 0.25) is 0 Å². The number of carbonyl (C=O) groups excluding carboxylic acids is 1. The van der Waals surface area contributed by atoms with Crippen LogP contribution in [0.15, 0.2) is 47.2 Å². The lowest BCUT2D eigenvalue weighted by atomic mass is 9.95. The number of rotatable bonds is 5. The van der Waals surface area contributed by atoms with Crippen LogP contribution < -0.4 is 5.32 Å². The number of fused-ring (bicyclic) bond motifs is 1. The second-order valence-electron chi connectivity index (χ2n) is 6.15. The van der Waals surface area contributed by atoms with Crippen molar-refractivity contribution in [3.05, 3.63) is 59.8 Å². The topological polar surface area (TPSA) is 73.0 Å². The molecule has 3 heterocycles. The highest BCUT2D eigenvalue weighted by molar-refractivity contribution is 5.91. The van der Waals surface area contributed by atoms with Crippen LogP contribution in [0.4, 0.5) is 0 Å². The fraction of sp³-hybridized carbons (Fsp3) is 0.316. The number of furan rings is 1. The Balaban J connectivity index is 1.52. The molecule has 0 bridgehead atoms. The van der Waals surface area contributed by atoms with Crippen molar-refractivity contribution in [1.82, 2.24) is 20.1 Å². The molecule has 0 atom stereocenters. The molecule has 25 heavy (non-hydrogen) atoms. The molecule has 0 aliphatic heterocycles. The van der Waals surface area contributed by atoms with Crippen molar-refractivity contribution in [2.45, 2.75) is 32.2 Å². The Kier molecular flexibility index (Phi) is 4.33. The largest absolute Gasteiger partial charge is 0.459 e. The standard InChI is InChI=1S/C19H20N4O2/c24-19(17-9-5-13-25-17)21-11-12-23-16-8-2-1-6-14(16)18(22-23)15-7-3-4-10-20-15/h3-5,7,9-10,13H,1-2,6,8,11-12H2,(H,21,24). The molecular formula is C19H20N4O2. The van der Waals surface area contributed by atoms with Gasteiger partial charge in [0.1, 0.15) is 5.69 Å². The zero-order valence-electron chi connectivity index (χ0n) is 13.9. The maximum absolute atomic E-state index is 12.0. The van der Waals surface area contributed by atoms with Gasteiger partial charge in [0, 0.05) is 24.0 Å². The monoisotopic (exact) mass is 336 g/mol. The van der Waals surface area contributed by atoms with Crippen molar-refractivity contribution in [1.29, 1.82) is 0 Å². The first-order chi connectivity index (χ1) is 12.3. The van der Waals surface area contributed by atoms with Gasteiger partial charge in [-0.2, -0.15) is 5.10 Å². The van der Waals surface area contributed by atoms with E-state index in [4.69, 9.17) is 9.52 Å². The van der Waals surface area contributed by atoms with Crippen LogP contribution in [0, 0.1) is 0 Å². The van der Waals surface area contributed by atoms with Crippen LogP contribution >= 0.6 is 0 Å². The predicted molar refractivity (Wildman–Crippen MR) is 93.1 cm³/mol. The van der Waals surface area contributed by atoms with Crippen molar-refractivity contribution in [3.8, 4) is 11.4 Å². The lowest BCUT2D eigenvalue weighted by Crippen LogP contribution is -2.27. The highest BCUT2D eigenvalue weighted by atomic mass is 16.3. The minimum absolute atomic E-state index is 0.198. The van der Waals surface area contributed by atoms with Gasteiger partial charge in [0.05, 0.1) is 18.5 Å². The molecule has 1 N–H and O–H groups in total. The maximum atomic E-state index is 12.0. The fourth-order valence-electron chi connectivity index (χ4n) is 3.33. The quantitative estimate of drug-likeness (QED) is 0.777. The average Bonchev–Trinajstić information content (AvgIpc) is 3.31. The van der Waals surface area contributed by atoms with E-state index in [9.17, 15) is 4.79 Å². The highest BCUT2D eigenvalue weighted by Crippen LogP contribution is 2.30. The molecule has 1 amide bonds. The first-order valence-corrected chi connectivity index (χ1v) is 8.64. The molecule has 0 fully saturated rings. The van der Waals surface area contributed by atoms with Crippen LogP contribution in [0.1, 0.15) is 34.7 Å². The van der Waals surface area contributed by atoms with Crippen LogP contribution in [-0.4, -0.2) is 27.2 Å². The Labute approximate surface area is 145 Å². The summed E-state index contributed by atoms with van der Waals surface area (Å²) >= 11 is 0. The number of hydrogen-bond acceptors (Lipinski definition) is 4. The van der Waals surface area contributed by atoms with E-state index in [1.54, 1.807) is 18.3 Å². The van der Waals surface area contributed by atoms with Crippen LogP contribution in [-0.2, 0) is 19.4 Å². The second kappa shape index (κ2) is 6.93. The van der Waals surface area contributed by atoms with Gasteiger partial charge < -0.3 is 9.73 Å². The molecule has 3 aromatic heterocycles. The van der Waals surface area contributed by atoms with Gasteiger partial charge in [-0.1, -0.05) is 6.07 Å². The average molecular weight is 336 g/mol. The van der Waals surface area contributed by atoms with Gasteiger partial charge in [-0.25, -0.2) is 0 Å². The summed E-state index contributed by atoms with van der Waals surface area (Å²) in [4.78, 5) is 16.4. The molecule has 4 rings (SSSR count). The third kappa shape index (κ3) is 3.20. The van der Waals surface area contributed by atoms with Gasteiger partial charge in [-0.05, 0) is 49.9 Å². The first kappa shape index (κ1) is 15.6. The molecule has 0 spiro atoms. The molecule has 0 radical (unpaired) electrons. The van der Waals surface area contributed by atoms with Crippen molar-refractivity contribution in [2.24, 2.45) is 0 Å². The lowest BCUT2D eigenvalue weighted by molar-refractivity contribution is 0.0924. The summed E-state index contributed by atoms with van der Waals surface area (Å²) in [5, 5.41) is 7.68. The summed E-state index contributed by atoms with van der Waals surface area (Å²) in [5.74, 6) is 0.132. The summed E-state index contributed by atoms with van der Waals surface area (Å²) in [6, 6.07) is 9.26. The summed E-state index contributed by atoms with van der Waals surface area (Å²) in [5.41, 5.74) is 4.48. The zero-order chi connectivity index (χ0) is 17.1. The number of carbonyl (C=O) groups is 1. The smallest absolute Gasteiger partial charge is 0.287 e. The van der Waals surface area contributed by atoms with Gasteiger partial charge in [0.15, 0.2) is 5.76 Å². The number of amides is 1. The summed E-state index contributed by atoms with van der Waals surface area (Å²) in [7, 11) is 0. The van der Waals surface area contributed by atoms with Crippen molar-refractivity contribution in [3.63, 3.8) is 0 Å². The molecule has 128 valence electrons. The Hall–Kier alpha value is -2.89. The second-order valence-corrected chi connectivity index (χ2v) is 6.15. The molecule has 0 unspecified atom stereocenters. The van der Waals surface area contributed by atoms with Crippen LogP contribution in [0.25, 0.3) is 11.4 Å². The Morgan fingerprint density at radius 2 is 2.12 bits per heavy atom. The van der Waals surface area contributed by atoms with Gasteiger partial charge >= 0.3 is 0 Å². The summed E-state index contributed by atoms with van der Waals surface area (Å²) < 4.78 is 7.14. The number of nitrogens with zero attached hydrogens (tertiary/aromatic N) is 3. The van der Waals surface area contributed by atoms with E-state index in [0.29, 0.717) is 18.8 Å². The highest BCUT2D eigenvalue weighted by Gasteiger charge is 2.22. The number of pyridine rings is 1. The van der Waals surface area contributed by atoms with E-state index >= 15 is 0 Å². The molecule has 0 saturated heterocycles. The van der Waals surface area contributed by atoms with Gasteiger partial charge in [-0.3, -0.25) is 14.5 Å². The summed E-state index contributed by atoms with van der Waals surface area (Å²) in [6.45, 7) is 1.15. The third-order valence-electron chi connectivity index (χ3n) is 4.52. The minimum Gasteiger partial charge on any atom is -0.459 e. The van der Waals surface area contributed by atoms with E-state index in [-0.39, 0.29) is 5.91 Å².